The number of nitrogens with zero attached hydrogens (tertiary/aromatic N) is 4. The highest BCUT2D eigenvalue weighted by Crippen LogP contribution is 2.29. The molecule has 1 atom stereocenters. The van der Waals surface area contributed by atoms with Gasteiger partial charge in [-0.25, -0.2) is 4.52 Å². The smallest absolute Gasteiger partial charge is 0.358 e. The van der Waals surface area contributed by atoms with Crippen molar-refractivity contribution in [3.63, 3.8) is 0 Å². The highest BCUT2D eigenvalue weighted by molar-refractivity contribution is 6.65. The first-order valence-corrected chi connectivity index (χ1v) is 6.32. The Morgan fingerprint density at radius 3 is 3.05 bits per heavy atom. The number of pyridine rings is 1. The van der Waals surface area contributed by atoms with E-state index in [4.69, 9.17) is 16.1 Å². The van der Waals surface area contributed by atoms with E-state index in [9.17, 15) is 14.9 Å². The molecule has 0 N–H and O–H groups in total. The molecule has 1 saturated heterocycles. The molecule has 0 bridgehead atoms. The monoisotopic (exact) mass is 296 g/mol. The molecule has 0 saturated carbocycles. The Morgan fingerprint density at radius 2 is 2.35 bits per heavy atom. The Balaban J connectivity index is 2.01. The summed E-state index contributed by atoms with van der Waals surface area (Å²) in [6, 6.07) is 2.70. The molecule has 104 valence electrons. The fraction of sp³-hybridized carbons (Fsp3) is 0.364. The van der Waals surface area contributed by atoms with Gasteiger partial charge in [0.15, 0.2) is 5.16 Å². The standard InChI is InChI=1S/C11H9ClN4O4/c12-9(17)7-2-1-5-15(7)8-4-3-6-10(16(18)19)14-20-11(6)13-8/h3-4,7H,1-2,5H2/t7-/m1/s1. The summed E-state index contributed by atoms with van der Waals surface area (Å²) in [5, 5.41) is 13.9. The molecule has 0 aromatic carbocycles. The number of anilines is 1. The van der Waals surface area contributed by atoms with E-state index in [0.717, 1.165) is 6.42 Å². The number of carbonyl (C=O) groups is 1. The van der Waals surface area contributed by atoms with Crippen molar-refractivity contribution in [1.29, 1.82) is 0 Å². The van der Waals surface area contributed by atoms with E-state index in [1.165, 1.54) is 6.07 Å². The number of aromatic nitrogens is 2. The Bertz CT molecular complexity index is 701. The number of fused-ring (bicyclic) bond motifs is 1. The predicted octanol–water partition coefficient (Wildman–Crippen LogP) is 1.87. The van der Waals surface area contributed by atoms with E-state index in [2.05, 4.69) is 10.1 Å². The Morgan fingerprint density at radius 1 is 1.55 bits per heavy atom. The summed E-state index contributed by atoms with van der Waals surface area (Å²) in [5.74, 6) is 0.130. The molecule has 2 aromatic rings. The van der Waals surface area contributed by atoms with Crippen LogP contribution in [-0.2, 0) is 4.79 Å². The molecule has 3 heterocycles. The fourth-order valence-electron chi connectivity index (χ4n) is 2.37. The van der Waals surface area contributed by atoms with Crippen molar-refractivity contribution < 1.29 is 14.2 Å². The molecule has 1 fully saturated rings. The van der Waals surface area contributed by atoms with Gasteiger partial charge in [-0.1, -0.05) is 0 Å². The maximum absolute atomic E-state index is 11.4. The van der Waals surface area contributed by atoms with Gasteiger partial charge in [0.1, 0.15) is 17.2 Å². The summed E-state index contributed by atoms with van der Waals surface area (Å²) in [7, 11) is 0. The van der Waals surface area contributed by atoms with Gasteiger partial charge in [-0.15, -0.1) is 0 Å². The SMILES string of the molecule is O=C(Cl)[C@H]1CCCN1c1ccc2c([N+](=O)[O-])noc2n1. The zero-order chi connectivity index (χ0) is 14.3. The Hall–Kier alpha value is -2.22. The molecule has 9 heteroatoms. The average molecular weight is 297 g/mol. The zero-order valence-corrected chi connectivity index (χ0v) is 10.9. The van der Waals surface area contributed by atoms with Gasteiger partial charge in [-0.3, -0.25) is 4.79 Å². The second-order valence-electron chi connectivity index (χ2n) is 4.44. The van der Waals surface area contributed by atoms with Crippen LogP contribution in [0.1, 0.15) is 12.8 Å². The van der Waals surface area contributed by atoms with E-state index in [1.807, 2.05) is 0 Å². The highest BCUT2D eigenvalue weighted by Gasteiger charge is 2.31. The minimum atomic E-state index is -0.631. The normalized spacial score (nSPS) is 18.6. The molecule has 1 aliphatic heterocycles. The second kappa shape index (κ2) is 4.71. The molecule has 1 aliphatic rings. The van der Waals surface area contributed by atoms with Crippen LogP contribution in [0.2, 0.25) is 0 Å². The summed E-state index contributed by atoms with van der Waals surface area (Å²) in [6.45, 7) is 0.651. The summed E-state index contributed by atoms with van der Waals surface area (Å²) in [4.78, 5) is 27.4. The number of carbonyl (C=O) groups excluding carboxylic acids is 1. The first-order chi connectivity index (χ1) is 9.58. The third-order valence-corrected chi connectivity index (χ3v) is 3.54. The second-order valence-corrected chi connectivity index (χ2v) is 4.81. The van der Waals surface area contributed by atoms with Crippen molar-refractivity contribution in [1.82, 2.24) is 10.1 Å². The van der Waals surface area contributed by atoms with Gasteiger partial charge in [0.05, 0.1) is 0 Å². The van der Waals surface area contributed by atoms with Crippen molar-refractivity contribution in [3.05, 3.63) is 22.2 Å². The van der Waals surface area contributed by atoms with E-state index < -0.39 is 16.2 Å². The molecular formula is C11H9ClN4O4. The zero-order valence-electron chi connectivity index (χ0n) is 10.2. The summed E-state index contributed by atoms with van der Waals surface area (Å²) in [6.07, 6.45) is 1.50. The van der Waals surface area contributed by atoms with Crippen molar-refractivity contribution in [2.45, 2.75) is 18.9 Å². The van der Waals surface area contributed by atoms with E-state index in [1.54, 1.807) is 11.0 Å². The van der Waals surface area contributed by atoms with E-state index in [0.29, 0.717) is 18.8 Å². The lowest BCUT2D eigenvalue weighted by Gasteiger charge is -2.22. The van der Waals surface area contributed by atoms with Crippen LogP contribution in [0, 0.1) is 10.1 Å². The van der Waals surface area contributed by atoms with Crippen molar-refractivity contribution in [2.75, 3.05) is 11.4 Å². The van der Waals surface area contributed by atoms with Crippen LogP contribution in [0.4, 0.5) is 11.6 Å². The summed E-state index contributed by atoms with van der Waals surface area (Å²) >= 11 is 5.56. The number of hydrogen-bond donors (Lipinski definition) is 0. The number of nitro groups is 1. The van der Waals surface area contributed by atoms with Gasteiger partial charge in [0.25, 0.3) is 5.71 Å². The molecular weight excluding hydrogens is 288 g/mol. The third kappa shape index (κ3) is 1.97. The lowest BCUT2D eigenvalue weighted by atomic mass is 10.2. The van der Waals surface area contributed by atoms with Crippen LogP contribution in [-0.4, -0.2) is 32.9 Å². The fourth-order valence-corrected chi connectivity index (χ4v) is 2.60. The van der Waals surface area contributed by atoms with Crippen LogP contribution in [0.5, 0.6) is 0 Å². The van der Waals surface area contributed by atoms with Gasteiger partial charge in [-0.05, 0) is 41.5 Å². The van der Waals surface area contributed by atoms with Crippen LogP contribution >= 0.6 is 11.6 Å². The van der Waals surface area contributed by atoms with Crippen LogP contribution < -0.4 is 4.90 Å². The van der Waals surface area contributed by atoms with Crippen LogP contribution in [0.3, 0.4) is 0 Å². The molecule has 0 amide bonds. The van der Waals surface area contributed by atoms with Crippen molar-refractivity contribution in [2.24, 2.45) is 0 Å². The topological polar surface area (TPSA) is 102 Å². The molecule has 3 rings (SSSR count). The molecule has 0 spiro atoms. The largest absolute Gasteiger partial charge is 0.423 e. The molecule has 2 aromatic heterocycles. The van der Waals surface area contributed by atoms with E-state index >= 15 is 0 Å². The molecule has 8 nitrogen and oxygen atoms in total. The summed E-state index contributed by atoms with van der Waals surface area (Å²) < 4.78 is 4.86. The number of hydrogen-bond acceptors (Lipinski definition) is 7. The number of rotatable bonds is 3. The van der Waals surface area contributed by atoms with Gasteiger partial charge >= 0.3 is 5.82 Å². The first kappa shape index (κ1) is 12.8. The number of halogens is 1. The van der Waals surface area contributed by atoms with Gasteiger partial charge in [-0.2, -0.15) is 4.98 Å². The lowest BCUT2D eigenvalue weighted by molar-refractivity contribution is -0.389. The lowest BCUT2D eigenvalue weighted by Crippen LogP contribution is -2.34. The van der Waals surface area contributed by atoms with Crippen molar-refractivity contribution in [3.8, 4) is 0 Å². The molecule has 0 aliphatic carbocycles. The van der Waals surface area contributed by atoms with Gasteiger partial charge < -0.3 is 15.0 Å². The van der Waals surface area contributed by atoms with Crippen molar-refractivity contribution >= 4 is 39.6 Å². The van der Waals surface area contributed by atoms with Gasteiger partial charge in [0, 0.05) is 6.54 Å². The minimum Gasteiger partial charge on any atom is -0.358 e. The maximum atomic E-state index is 11.4. The Labute approximate surface area is 117 Å². The van der Waals surface area contributed by atoms with Crippen LogP contribution in [0.25, 0.3) is 11.1 Å². The molecule has 20 heavy (non-hydrogen) atoms. The molecule has 0 unspecified atom stereocenters. The van der Waals surface area contributed by atoms with E-state index in [-0.39, 0.29) is 16.9 Å². The average Bonchev–Trinajstić information content (AvgIpc) is 3.04. The molecule has 0 radical (unpaired) electrons. The predicted molar refractivity (Wildman–Crippen MR) is 69.7 cm³/mol. The quantitative estimate of drug-likeness (QED) is 0.484. The highest BCUT2D eigenvalue weighted by atomic mass is 35.5. The maximum Gasteiger partial charge on any atom is 0.423 e. The summed E-state index contributed by atoms with van der Waals surface area (Å²) in [5.41, 5.74) is 0.0712. The first-order valence-electron chi connectivity index (χ1n) is 5.95. The van der Waals surface area contributed by atoms with Crippen LogP contribution in [0.15, 0.2) is 16.7 Å². The minimum absolute atomic E-state index is 0.0712. The van der Waals surface area contributed by atoms with Gasteiger partial charge in [0.2, 0.25) is 5.24 Å². The third-order valence-electron chi connectivity index (χ3n) is 3.29. The Kier molecular flexibility index (Phi) is 3.01.